The Bertz CT molecular complexity index is 357. The smallest absolute Gasteiger partial charge is 0.124 e. The average Bonchev–Trinajstić information content (AvgIpc) is 2.50. The summed E-state index contributed by atoms with van der Waals surface area (Å²) in [6.45, 7) is 5.35. The van der Waals surface area contributed by atoms with Crippen molar-refractivity contribution in [3.8, 4) is 5.75 Å². The number of hydrogen-bond acceptors (Lipinski definition) is 4. The van der Waals surface area contributed by atoms with Crippen molar-refractivity contribution in [2.24, 2.45) is 0 Å². The van der Waals surface area contributed by atoms with Gasteiger partial charge in [-0.2, -0.15) is 0 Å². The van der Waals surface area contributed by atoms with Crippen LogP contribution in [0.25, 0.3) is 0 Å². The first-order chi connectivity index (χ1) is 9.83. The zero-order chi connectivity index (χ0) is 14.6. The summed E-state index contributed by atoms with van der Waals surface area (Å²) in [5, 5.41) is 3.41. The van der Waals surface area contributed by atoms with Crippen LogP contribution in [-0.4, -0.2) is 40.5 Å². The summed E-state index contributed by atoms with van der Waals surface area (Å²) in [5.41, 5.74) is 1.09. The minimum atomic E-state index is 0.00885. The Hall–Kier alpha value is -1.10. The van der Waals surface area contributed by atoms with Gasteiger partial charge >= 0.3 is 0 Å². The van der Waals surface area contributed by atoms with Crippen LogP contribution >= 0.6 is 0 Å². The fourth-order valence-electron chi connectivity index (χ4n) is 2.03. The minimum absolute atomic E-state index is 0.00885. The summed E-state index contributed by atoms with van der Waals surface area (Å²) in [6, 6.07) is 8.03. The topological polar surface area (TPSA) is 39.7 Å². The number of benzene rings is 1. The molecule has 1 N–H and O–H groups in total. The van der Waals surface area contributed by atoms with Crippen molar-refractivity contribution < 1.29 is 14.2 Å². The van der Waals surface area contributed by atoms with E-state index in [2.05, 4.69) is 18.3 Å². The molecular weight excluding hydrogens is 254 g/mol. The molecule has 0 aliphatic heterocycles. The summed E-state index contributed by atoms with van der Waals surface area (Å²) in [5.74, 6) is 0.877. The van der Waals surface area contributed by atoms with Crippen molar-refractivity contribution >= 4 is 0 Å². The zero-order valence-electron chi connectivity index (χ0n) is 12.9. The highest BCUT2D eigenvalue weighted by Crippen LogP contribution is 2.27. The van der Waals surface area contributed by atoms with Crippen molar-refractivity contribution in [1.82, 2.24) is 5.32 Å². The number of nitrogens with one attached hydrogen (secondary N) is 1. The first kappa shape index (κ1) is 17.0. The van der Waals surface area contributed by atoms with Crippen LogP contribution in [0, 0.1) is 0 Å². The third kappa shape index (κ3) is 5.90. The van der Waals surface area contributed by atoms with Crippen LogP contribution in [0.3, 0.4) is 0 Å². The summed E-state index contributed by atoms with van der Waals surface area (Å²) in [6.07, 6.45) is 2.02. The van der Waals surface area contributed by atoms with E-state index in [1.165, 1.54) is 0 Å². The molecule has 114 valence electrons. The molecule has 0 aromatic heterocycles. The summed E-state index contributed by atoms with van der Waals surface area (Å²) < 4.78 is 16.5. The lowest BCUT2D eigenvalue weighted by Crippen LogP contribution is -2.25. The molecule has 20 heavy (non-hydrogen) atoms. The van der Waals surface area contributed by atoms with Gasteiger partial charge in [-0.15, -0.1) is 0 Å². The van der Waals surface area contributed by atoms with E-state index in [0.717, 1.165) is 43.9 Å². The van der Waals surface area contributed by atoms with Crippen molar-refractivity contribution in [3.63, 3.8) is 0 Å². The highest BCUT2D eigenvalue weighted by atomic mass is 16.5. The molecule has 0 saturated carbocycles. The Kier molecular flexibility index (Phi) is 9.04. The van der Waals surface area contributed by atoms with Gasteiger partial charge in [0.15, 0.2) is 0 Å². The van der Waals surface area contributed by atoms with Gasteiger partial charge in [0.05, 0.1) is 13.2 Å². The monoisotopic (exact) mass is 281 g/mol. The van der Waals surface area contributed by atoms with E-state index >= 15 is 0 Å². The van der Waals surface area contributed by atoms with Crippen LogP contribution in [0.15, 0.2) is 24.3 Å². The molecule has 0 fully saturated rings. The molecule has 0 spiro atoms. The lowest BCUT2D eigenvalue weighted by Gasteiger charge is -2.21. The molecule has 0 heterocycles. The third-order valence-electron chi connectivity index (χ3n) is 3.05. The number of rotatable bonds is 11. The van der Waals surface area contributed by atoms with Crippen LogP contribution in [0.1, 0.15) is 31.4 Å². The first-order valence-electron chi connectivity index (χ1n) is 7.27. The van der Waals surface area contributed by atoms with Crippen LogP contribution in [0.5, 0.6) is 5.75 Å². The van der Waals surface area contributed by atoms with E-state index in [1.54, 1.807) is 14.2 Å². The van der Waals surface area contributed by atoms with Crippen molar-refractivity contribution in [1.29, 1.82) is 0 Å². The van der Waals surface area contributed by atoms with Gasteiger partial charge in [0.1, 0.15) is 5.75 Å². The first-order valence-corrected chi connectivity index (χ1v) is 7.27. The molecule has 0 aliphatic carbocycles. The molecule has 1 aromatic rings. The fourth-order valence-corrected chi connectivity index (χ4v) is 2.03. The van der Waals surface area contributed by atoms with Crippen LogP contribution in [0.4, 0.5) is 0 Å². The van der Waals surface area contributed by atoms with Gasteiger partial charge in [0, 0.05) is 32.4 Å². The maximum absolute atomic E-state index is 6.00. The Labute approximate surface area is 122 Å². The van der Waals surface area contributed by atoms with E-state index in [-0.39, 0.29) is 6.10 Å². The van der Waals surface area contributed by atoms with E-state index in [9.17, 15) is 0 Å². The maximum atomic E-state index is 6.00. The summed E-state index contributed by atoms with van der Waals surface area (Å²) in [4.78, 5) is 0. The second-order valence-electron chi connectivity index (χ2n) is 4.65. The number of para-hydroxylation sites is 1. The highest BCUT2D eigenvalue weighted by molar-refractivity contribution is 5.35. The van der Waals surface area contributed by atoms with Gasteiger partial charge < -0.3 is 19.5 Å². The van der Waals surface area contributed by atoms with Crippen LogP contribution in [0.2, 0.25) is 0 Å². The molecule has 4 nitrogen and oxygen atoms in total. The Balaban J connectivity index is 2.64. The second-order valence-corrected chi connectivity index (χ2v) is 4.65. The third-order valence-corrected chi connectivity index (χ3v) is 3.05. The van der Waals surface area contributed by atoms with Crippen molar-refractivity contribution in [3.05, 3.63) is 29.8 Å². The largest absolute Gasteiger partial charge is 0.496 e. The van der Waals surface area contributed by atoms with Gasteiger partial charge in [-0.3, -0.25) is 0 Å². The average molecular weight is 281 g/mol. The van der Waals surface area contributed by atoms with Crippen LogP contribution < -0.4 is 10.1 Å². The minimum Gasteiger partial charge on any atom is -0.496 e. The van der Waals surface area contributed by atoms with Crippen molar-refractivity contribution in [2.75, 3.05) is 40.5 Å². The number of methoxy groups -OCH3 is 2. The Morgan fingerprint density at radius 1 is 1.15 bits per heavy atom. The molecule has 1 unspecified atom stereocenters. The van der Waals surface area contributed by atoms with E-state index in [0.29, 0.717) is 6.61 Å². The molecular formula is C16H27NO3. The molecule has 0 bridgehead atoms. The van der Waals surface area contributed by atoms with E-state index in [1.807, 2.05) is 18.2 Å². The Morgan fingerprint density at radius 3 is 2.65 bits per heavy atom. The van der Waals surface area contributed by atoms with Gasteiger partial charge in [-0.05, 0) is 25.5 Å². The summed E-state index contributed by atoms with van der Waals surface area (Å²) in [7, 11) is 3.40. The fraction of sp³-hybridized carbons (Fsp3) is 0.625. The van der Waals surface area contributed by atoms with Gasteiger partial charge in [-0.25, -0.2) is 0 Å². The van der Waals surface area contributed by atoms with Gasteiger partial charge in [-0.1, -0.05) is 25.1 Å². The normalized spacial score (nSPS) is 12.3. The lowest BCUT2D eigenvalue weighted by atomic mass is 10.1. The lowest BCUT2D eigenvalue weighted by molar-refractivity contribution is 0.0376. The van der Waals surface area contributed by atoms with Gasteiger partial charge in [0.25, 0.3) is 0 Å². The standard InChI is InChI=1S/C16H27NO3/c1-4-10-17-13-16(20-12-7-11-18-2)14-8-5-6-9-15(14)19-3/h5-6,8-9,16-17H,4,7,10-13H2,1-3H3. The number of ether oxygens (including phenoxy) is 3. The molecule has 1 atom stereocenters. The molecule has 0 radical (unpaired) electrons. The quantitative estimate of drug-likeness (QED) is 0.633. The second kappa shape index (κ2) is 10.7. The highest BCUT2D eigenvalue weighted by Gasteiger charge is 2.15. The summed E-state index contributed by atoms with van der Waals surface area (Å²) >= 11 is 0. The zero-order valence-corrected chi connectivity index (χ0v) is 12.9. The molecule has 4 heteroatoms. The number of hydrogen-bond donors (Lipinski definition) is 1. The molecule has 1 rings (SSSR count). The molecule has 0 amide bonds. The molecule has 0 aliphatic rings. The van der Waals surface area contributed by atoms with E-state index in [4.69, 9.17) is 14.2 Å². The van der Waals surface area contributed by atoms with Crippen LogP contribution in [-0.2, 0) is 9.47 Å². The predicted octanol–water partition coefficient (Wildman–Crippen LogP) is 2.79. The molecule has 0 saturated heterocycles. The molecule has 1 aromatic carbocycles. The van der Waals surface area contributed by atoms with Gasteiger partial charge in [0.2, 0.25) is 0 Å². The van der Waals surface area contributed by atoms with E-state index < -0.39 is 0 Å². The SMILES string of the molecule is CCCNCC(OCCCOC)c1ccccc1OC. The predicted molar refractivity (Wildman–Crippen MR) is 81.3 cm³/mol. The van der Waals surface area contributed by atoms with Crippen molar-refractivity contribution in [2.45, 2.75) is 25.9 Å². The maximum Gasteiger partial charge on any atom is 0.124 e. The Morgan fingerprint density at radius 2 is 1.95 bits per heavy atom.